The molecule has 0 unspecified atom stereocenters. The Hall–Kier alpha value is -2.98. The fourth-order valence-electron chi connectivity index (χ4n) is 2.44. The minimum atomic E-state index is -3.70. The van der Waals surface area contributed by atoms with E-state index in [2.05, 4.69) is 15.4 Å². The van der Waals surface area contributed by atoms with E-state index in [0.717, 1.165) is 0 Å². The van der Waals surface area contributed by atoms with Crippen LogP contribution in [0.1, 0.15) is 24.2 Å². The predicted molar refractivity (Wildman–Crippen MR) is 106 cm³/mol. The summed E-state index contributed by atoms with van der Waals surface area (Å²) in [6.45, 7) is 3.88. The van der Waals surface area contributed by atoms with Crippen molar-refractivity contribution in [3.8, 4) is 0 Å². The van der Waals surface area contributed by atoms with Crippen LogP contribution in [0, 0.1) is 10.1 Å². The van der Waals surface area contributed by atoms with Gasteiger partial charge >= 0.3 is 0 Å². The van der Waals surface area contributed by atoms with Gasteiger partial charge in [-0.1, -0.05) is 18.2 Å². The SMILES string of the molecule is CC(C)NS(=O)(=O)c1cccc(C(=O)NCCNc2ccccc2[N+](=O)[O-])c1. The molecule has 0 bridgehead atoms. The van der Waals surface area contributed by atoms with Crippen LogP contribution in [0.4, 0.5) is 11.4 Å². The van der Waals surface area contributed by atoms with Crippen molar-refractivity contribution in [2.75, 3.05) is 18.4 Å². The number of hydrogen-bond donors (Lipinski definition) is 3. The molecular formula is C18H22N4O5S. The first-order valence-corrected chi connectivity index (χ1v) is 10.1. The smallest absolute Gasteiger partial charge is 0.292 e. The lowest BCUT2D eigenvalue weighted by Crippen LogP contribution is -2.31. The van der Waals surface area contributed by atoms with Crippen LogP contribution in [0.15, 0.2) is 53.4 Å². The lowest BCUT2D eigenvalue weighted by molar-refractivity contribution is -0.384. The first kappa shape index (κ1) is 21.3. The Morgan fingerprint density at radius 3 is 2.50 bits per heavy atom. The number of anilines is 1. The van der Waals surface area contributed by atoms with Gasteiger partial charge in [0.15, 0.2) is 0 Å². The van der Waals surface area contributed by atoms with Crippen LogP contribution in [0.2, 0.25) is 0 Å². The van der Waals surface area contributed by atoms with Gasteiger partial charge in [-0.3, -0.25) is 14.9 Å². The Morgan fingerprint density at radius 2 is 1.82 bits per heavy atom. The third-order valence-corrected chi connectivity index (χ3v) is 5.28. The lowest BCUT2D eigenvalue weighted by atomic mass is 10.2. The molecule has 0 atom stereocenters. The Bertz CT molecular complexity index is 960. The van der Waals surface area contributed by atoms with E-state index in [-0.39, 0.29) is 35.3 Å². The zero-order chi connectivity index (χ0) is 20.7. The normalized spacial score (nSPS) is 11.2. The summed E-state index contributed by atoms with van der Waals surface area (Å²) < 4.78 is 26.9. The van der Waals surface area contributed by atoms with Gasteiger partial charge in [0.25, 0.3) is 11.6 Å². The molecule has 2 rings (SSSR count). The van der Waals surface area contributed by atoms with Gasteiger partial charge in [0.2, 0.25) is 10.0 Å². The molecule has 2 aromatic rings. The van der Waals surface area contributed by atoms with Crippen LogP contribution >= 0.6 is 0 Å². The zero-order valence-corrected chi connectivity index (χ0v) is 16.3. The number of carbonyl (C=O) groups excluding carboxylic acids is 1. The average molecular weight is 406 g/mol. The van der Waals surface area contributed by atoms with Crippen molar-refractivity contribution in [2.45, 2.75) is 24.8 Å². The van der Waals surface area contributed by atoms with Crippen LogP contribution in [0.3, 0.4) is 0 Å². The van der Waals surface area contributed by atoms with Gasteiger partial charge in [-0.15, -0.1) is 0 Å². The number of rotatable bonds is 9. The molecule has 1 amide bonds. The second-order valence-corrected chi connectivity index (χ2v) is 7.97. The Balaban J connectivity index is 1.96. The van der Waals surface area contributed by atoms with Crippen LogP contribution in [-0.2, 0) is 10.0 Å². The predicted octanol–water partition coefficient (Wildman–Crippen LogP) is 2.12. The van der Waals surface area contributed by atoms with Crippen molar-refractivity contribution < 1.29 is 18.1 Å². The van der Waals surface area contributed by atoms with Crippen LogP contribution in [-0.4, -0.2) is 38.4 Å². The molecule has 0 radical (unpaired) electrons. The molecule has 3 N–H and O–H groups in total. The highest BCUT2D eigenvalue weighted by Crippen LogP contribution is 2.22. The second kappa shape index (κ2) is 9.29. The summed E-state index contributed by atoms with van der Waals surface area (Å²) in [5.74, 6) is -0.439. The number of para-hydroxylation sites is 2. The molecule has 0 aliphatic rings. The Morgan fingerprint density at radius 1 is 1.11 bits per heavy atom. The summed E-state index contributed by atoms with van der Waals surface area (Å²) in [5.41, 5.74) is 0.510. The summed E-state index contributed by atoms with van der Waals surface area (Å²) >= 11 is 0. The van der Waals surface area contributed by atoms with E-state index in [0.29, 0.717) is 5.69 Å². The molecule has 10 heteroatoms. The van der Waals surface area contributed by atoms with Gasteiger partial charge in [0.05, 0.1) is 9.82 Å². The third-order valence-electron chi connectivity index (χ3n) is 3.62. The maximum atomic E-state index is 12.3. The Labute approximate surface area is 163 Å². The summed E-state index contributed by atoms with van der Waals surface area (Å²) in [4.78, 5) is 22.8. The van der Waals surface area contributed by atoms with E-state index in [1.165, 1.54) is 30.3 Å². The molecule has 0 aromatic heterocycles. The number of nitrogens with one attached hydrogen (secondary N) is 3. The fourth-order valence-corrected chi connectivity index (χ4v) is 3.74. The summed E-state index contributed by atoms with van der Waals surface area (Å²) in [7, 11) is -3.70. The van der Waals surface area contributed by atoms with Crippen LogP contribution in [0.5, 0.6) is 0 Å². The number of nitrogens with zero attached hydrogens (tertiary/aromatic N) is 1. The number of nitro benzene ring substituents is 1. The number of carbonyl (C=O) groups is 1. The fraction of sp³-hybridized carbons (Fsp3) is 0.278. The number of amides is 1. The average Bonchev–Trinajstić information content (AvgIpc) is 2.64. The molecule has 0 fully saturated rings. The zero-order valence-electron chi connectivity index (χ0n) is 15.5. The van der Waals surface area contributed by atoms with E-state index in [4.69, 9.17) is 0 Å². The van der Waals surface area contributed by atoms with Crippen molar-refractivity contribution in [3.05, 3.63) is 64.2 Å². The van der Waals surface area contributed by atoms with Gasteiger partial charge < -0.3 is 10.6 Å². The maximum Gasteiger partial charge on any atom is 0.292 e. The molecule has 150 valence electrons. The molecule has 0 saturated heterocycles. The molecule has 0 aliphatic carbocycles. The molecule has 28 heavy (non-hydrogen) atoms. The van der Waals surface area contributed by atoms with E-state index in [9.17, 15) is 23.3 Å². The molecule has 0 heterocycles. The van der Waals surface area contributed by atoms with Crippen molar-refractivity contribution in [1.29, 1.82) is 0 Å². The highest BCUT2D eigenvalue weighted by molar-refractivity contribution is 7.89. The van der Waals surface area contributed by atoms with Gasteiger partial charge in [-0.2, -0.15) is 0 Å². The lowest BCUT2D eigenvalue weighted by Gasteiger charge is -2.11. The van der Waals surface area contributed by atoms with E-state index in [1.807, 2.05) is 0 Å². The van der Waals surface area contributed by atoms with Crippen LogP contribution < -0.4 is 15.4 Å². The quantitative estimate of drug-likeness (QED) is 0.332. The monoisotopic (exact) mass is 406 g/mol. The standard InChI is InChI=1S/C18H22N4O5S/c1-13(2)21-28(26,27)15-7-5-6-14(12-15)18(23)20-11-10-19-16-8-3-4-9-17(16)22(24)25/h3-9,12-13,19,21H,10-11H2,1-2H3,(H,20,23). The molecule has 9 nitrogen and oxygen atoms in total. The number of benzene rings is 2. The van der Waals surface area contributed by atoms with Crippen molar-refractivity contribution >= 4 is 27.3 Å². The number of sulfonamides is 1. The highest BCUT2D eigenvalue weighted by atomic mass is 32.2. The van der Waals surface area contributed by atoms with E-state index < -0.39 is 20.9 Å². The van der Waals surface area contributed by atoms with E-state index in [1.54, 1.807) is 32.0 Å². The van der Waals surface area contributed by atoms with Crippen molar-refractivity contribution in [3.63, 3.8) is 0 Å². The molecular weight excluding hydrogens is 384 g/mol. The first-order valence-electron chi connectivity index (χ1n) is 8.58. The number of nitro groups is 1. The van der Waals surface area contributed by atoms with Crippen LogP contribution in [0.25, 0.3) is 0 Å². The number of hydrogen-bond acceptors (Lipinski definition) is 6. The molecule has 0 aliphatic heterocycles. The molecule has 0 saturated carbocycles. The van der Waals surface area contributed by atoms with E-state index >= 15 is 0 Å². The topological polar surface area (TPSA) is 130 Å². The first-order chi connectivity index (χ1) is 13.2. The van der Waals surface area contributed by atoms with Crippen molar-refractivity contribution in [2.24, 2.45) is 0 Å². The highest BCUT2D eigenvalue weighted by Gasteiger charge is 2.17. The van der Waals surface area contributed by atoms with Gasteiger partial charge in [0.1, 0.15) is 5.69 Å². The minimum absolute atomic E-state index is 0.00638. The van der Waals surface area contributed by atoms with Crippen molar-refractivity contribution in [1.82, 2.24) is 10.0 Å². The summed E-state index contributed by atoms with van der Waals surface area (Å²) in [5, 5.41) is 16.5. The Kier molecular flexibility index (Phi) is 7.07. The van der Waals surface area contributed by atoms with Gasteiger partial charge in [-0.05, 0) is 38.1 Å². The summed E-state index contributed by atoms with van der Waals surface area (Å²) in [6, 6.07) is 11.7. The van der Waals surface area contributed by atoms with Gasteiger partial charge in [0, 0.05) is 30.8 Å². The summed E-state index contributed by atoms with van der Waals surface area (Å²) in [6.07, 6.45) is 0. The molecule has 2 aromatic carbocycles. The maximum absolute atomic E-state index is 12.3. The third kappa shape index (κ3) is 5.76. The molecule has 0 spiro atoms. The van der Waals surface area contributed by atoms with Gasteiger partial charge in [-0.25, -0.2) is 13.1 Å². The second-order valence-electron chi connectivity index (χ2n) is 6.26. The largest absolute Gasteiger partial charge is 0.378 e. The minimum Gasteiger partial charge on any atom is -0.378 e.